The van der Waals surface area contributed by atoms with Crippen molar-refractivity contribution in [1.29, 1.82) is 0 Å². The molecule has 1 aliphatic heterocycles. The molecular weight excluding hydrogens is 402 g/mol. The number of likely N-dealkylation sites (tertiary alicyclic amines) is 1. The molecule has 0 atom stereocenters. The molecule has 32 heavy (non-hydrogen) atoms. The van der Waals surface area contributed by atoms with Gasteiger partial charge in [-0.15, -0.1) is 0 Å². The van der Waals surface area contributed by atoms with Crippen molar-refractivity contribution in [3.05, 3.63) is 59.9 Å². The number of benzene rings is 1. The van der Waals surface area contributed by atoms with E-state index >= 15 is 0 Å². The summed E-state index contributed by atoms with van der Waals surface area (Å²) in [4.78, 5) is 35.2. The highest BCUT2D eigenvalue weighted by Gasteiger charge is 2.27. The second-order valence-corrected chi connectivity index (χ2v) is 8.46. The van der Waals surface area contributed by atoms with Crippen LogP contribution >= 0.6 is 0 Å². The molecule has 3 N–H and O–H groups in total. The summed E-state index contributed by atoms with van der Waals surface area (Å²) in [6.07, 6.45) is 6.24. The van der Waals surface area contributed by atoms with E-state index in [2.05, 4.69) is 25.5 Å². The van der Waals surface area contributed by atoms with E-state index < -0.39 is 0 Å². The quantitative estimate of drug-likeness (QED) is 0.541. The zero-order chi connectivity index (χ0) is 21.9. The zero-order valence-corrected chi connectivity index (χ0v) is 18.0. The normalized spacial score (nSPS) is 16.1. The van der Waals surface area contributed by atoms with E-state index in [1.807, 2.05) is 42.5 Å². The number of aromatic amines is 1. The molecular formula is C25H27N5O2. The Labute approximate surface area is 187 Å². The molecule has 2 aliphatic rings. The van der Waals surface area contributed by atoms with Crippen molar-refractivity contribution in [1.82, 2.24) is 14.9 Å². The first kappa shape index (κ1) is 20.5. The van der Waals surface area contributed by atoms with Crippen molar-refractivity contribution in [3.8, 4) is 11.3 Å². The van der Waals surface area contributed by atoms with Gasteiger partial charge in [0.15, 0.2) is 5.78 Å². The number of aryl methyl sites for hydroxylation is 1. The van der Waals surface area contributed by atoms with E-state index in [0.717, 1.165) is 72.7 Å². The Balaban J connectivity index is 1.45. The number of aromatic nitrogens is 2. The summed E-state index contributed by atoms with van der Waals surface area (Å²) in [5.74, 6) is 0.608. The molecule has 0 unspecified atom stereocenters. The molecule has 1 aliphatic carbocycles. The average Bonchev–Trinajstić information content (AvgIpc) is 3.43. The Kier molecular flexibility index (Phi) is 5.73. The minimum absolute atomic E-state index is 0.0554. The second-order valence-electron chi connectivity index (χ2n) is 8.46. The molecule has 164 valence electrons. The number of pyridine rings is 1. The van der Waals surface area contributed by atoms with Gasteiger partial charge in [0.1, 0.15) is 5.82 Å². The number of ketones is 1. The molecule has 1 aromatic carbocycles. The predicted octanol–water partition coefficient (Wildman–Crippen LogP) is 4.37. The first-order chi connectivity index (χ1) is 15.7. The van der Waals surface area contributed by atoms with Gasteiger partial charge in [0.2, 0.25) is 5.91 Å². The molecule has 0 bridgehead atoms. The fraction of sp³-hybridized carbons (Fsp3) is 0.320. The minimum atomic E-state index is -0.0554. The van der Waals surface area contributed by atoms with Crippen molar-refractivity contribution in [2.75, 3.05) is 30.3 Å². The maximum atomic E-state index is 12.8. The van der Waals surface area contributed by atoms with Gasteiger partial charge in [-0.2, -0.15) is 0 Å². The molecule has 3 aromatic rings. The number of nitrogens with zero attached hydrogens (tertiary/aromatic N) is 2. The van der Waals surface area contributed by atoms with Crippen molar-refractivity contribution in [3.63, 3.8) is 0 Å². The third-order valence-corrected chi connectivity index (χ3v) is 6.11. The standard InChI is InChI=1S/C25H27N5O2/c31-20-10-6-9-19-23(20)25(27-18-7-2-1-3-8-18)24(28-19)17-11-12-26-21(15-17)29-22(32)16-30-13-4-5-14-30/h1-3,7-8,11-12,15,27-28H,4-6,9-10,13-14,16H2,(H,26,29,32). The van der Waals surface area contributed by atoms with Crippen molar-refractivity contribution in [2.24, 2.45) is 0 Å². The topological polar surface area (TPSA) is 90.1 Å². The number of nitrogens with one attached hydrogen (secondary N) is 3. The Morgan fingerprint density at radius 2 is 1.88 bits per heavy atom. The third-order valence-electron chi connectivity index (χ3n) is 6.11. The van der Waals surface area contributed by atoms with Crippen molar-refractivity contribution in [2.45, 2.75) is 32.1 Å². The van der Waals surface area contributed by atoms with Gasteiger partial charge in [-0.25, -0.2) is 4.98 Å². The largest absolute Gasteiger partial charge is 0.356 e. The zero-order valence-electron chi connectivity index (χ0n) is 18.0. The van der Waals surface area contributed by atoms with Gasteiger partial charge in [-0.05, 0) is 63.0 Å². The molecule has 3 heterocycles. The highest BCUT2D eigenvalue weighted by Crippen LogP contribution is 2.39. The summed E-state index contributed by atoms with van der Waals surface area (Å²) < 4.78 is 0. The molecule has 0 spiro atoms. The molecule has 2 aromatic heterocycles. The van der Waals surface area contributed by atoms with Crippen LogP contribution in [-0.4, -0.2) is 46.2 Å². The van der Waals surface area contributed by atoms with Gasteiger partial charge < -0.3 is 15.6 Å². The predicted molar refractivity (Wildman–Crippen MR) is 125 cm³/mol. The summed E-state index contributed by atoms with van der Waals surface area (Å²) in [6.45, 7) is 2.33. The number of amides is 1. The minimum Gasteiger partial charge on any atom is -0.356 e. The lowest BCUT2D eigenvalue weighted by molar-refractivity contribution is -0.117. The number of anilines is 3. The van der Waals surface area contributed by atoms with Crippen LogP contribution in [0.15, 0.2) is 48.7 Å². The first-order valence-corrected chi connectivity index (χ1v) is 11.3. The van der Waals surface area contributed by atoms with Crippen LogP contribution in [0.25, 0.3) is 11.3 Å². The molecule has 1 saturated heterocycles. The molecule has 7 heteroatoms. The summed E-state index contributed by atoms with van der Waals surface area (Å²) in [6, 6.07) is 13.6. The van der Waals surface area contributed by atoms with Crippen molar-refractivity contribution < 1.29 is 9.59 Å². The van der Waals surface area contributed by atoms with Crippen LogP contribution in [0.3, 0.4) is 0 Å². The molecule has 5 rings (SSSR count). The highest BCUT2D eigenvalue weighted by atomic mass is 16.2. The van der Waals surface area contributed by atoms with Crippen LogP contribution in [0.5, 0.6) is 0 Å². The Bertz CT molecular complexity index is 1130. The van der Waals surface area contributed by atoms with Gasteiger partial charge in [-0.3, -0.25) is 14.5 Å². The van der Waals surface area contributed by atoms with E-state index in [9.17, 15) is 9.59 Å². The lowest BCUT2D eigenvalue weighted by atomic mass is 9.95. The van der Waals surface area contributed by atoms with E-state index in [4.69, 9.17) is 0 Å². The SMILES string of the molecule is O=C(CN1CCCC1)Nc1cc(-c2[nH]c3c(c2Nc2ccccc2)C(=O)CCC3)ccn1. The first-order valence-electron chi connectivity index (χ1n) is 11.3. The van der Waals surface area contributed by atoms with Crippen LogP contribution < -0.4 is 10.6 Å². The van der Waals surface area contributed by atoms with Gasteiger partial charge in [-0.1, -0.05) is 18.2 Å². The van der Waals surface area contributed by atoms with Gasteiger partial charge >= 0.3 is 0 Å². The Morgan fingerprint density at radius 1 is 1.06 bits per heavy atom. The fourth-order valence-electron chi connectivity index (χ4n) is 4.59. The number of fused-ring (bicyclic) bond motifs is 1. The summed E-state index contributed by atoms with van der Waals surface area (Å²) in [5.41, 5.74) is 5.12. The number of hydrogen-bond donors (Lipinski definition) is 3. The number of carbonyl (C=O) groups excluding carboxylic acids is 2. The highest BCUT2D eigenvalue weighted by molar-refractivity contribution is 6.07. The van der Waals surface area contributed by atoms with Crippen LogP contribution in [0.1, 0.15) is 41.7 Å². The third kappa shape index (κ3) is 4.29. The molecule has 7 nitrogen and oxygen atoms in total. The van der Waals surface area contributed by atoms with Gasteiger partial charge in [0.25, 0.3) is 0 Å². The van der Waals surface area contributed by atoms with Crippen LogP contribution in [-0.2, 0) is 11.2 Å². The summed E-state index contributed by atoms with van der Waals surface area (Å²) in [7, 11) is 0. The maximum Gasteiger partial charge on any atom is 0.239 e. The Hall–Kier alpha value is -3.45. The number of H-pyrrole nitrogens is 1. The van der Waals surface area contributed by atoms with Crippen molar-refractivity contribution >= 4 is 28.9 Å². The number of rotatable bonds is 6. The number of hydrogen-bond acceptors (Lipinski definition) is 5. The monoisotopic (exact) mass is 429 g/mol. The fourth-order valence-corrected chi connectivity index (χ4v) is 4.59. The van der Waals surface area contributed by atoms with E-state index in [1.165, 1.54) is 0 Å². The summed E-state index contributed by atoms with van der Waals surface area (Å²) >= 11 is 0. The number of carbonyl (C=O) groups is 2. The second kappa shape index (κ2) is 8.96. The Morgan fingerprint density at radius 3 is 2.69 bits per heavy atom. The van der Waals surface area contributed by atoms with Gasteiger partial charge in [0.05, 0.1) is 23.5 Å². The smallest absolute Gasteiger partial charge is 0.239 e. The lowest BCUT2D eigenvalue weighted by Gasteiger charge is -2.15. The number of Topliss-reactive ketones (excluding diaryl/α,β-unsaturated/α-hetero) is 1. The lowest BCUT2D eigenvalue weighted by Crippen LogP contribution is -2.31. The molecule has 0 saturated carbocycles. The summed E-state index contributed by atoms with van der Waals surface area (Å²) in [5, 5.41) is 6.38. The van der Waals surface area contributed by atoms with Crippen LogP contribution in [0.4, 0.5) is 17.2 Å². The average molecular weight is 430 g/mol. The van der Waals surface area contributed by atoms with Crippen LogP contribution in [0, 0.1) is 0 Å². The van der Waals surface area contributed by atoms with E-state index in [-0.39, 0.29) is 11.7 Å². The van der Waals surface area contributed by atoms with Crippen LogP contribution in [0.2, 0.25) is 0 Å². The van der Waals surface area contributed by atoms with Gasteiger partial charge in [0, 0.05) is 29.6 Å². The number of para-hydroxylation sites is 1. The van der Waals surface area contributed by atoms with E-state index in [0.29, 0.717) is 18.8 Å². The maximum absolute atomic E-state index is 12.8. The molecule has 0 radical (unpaired) electrons. The molecule has 1 fully saturated rings. The molecule has 1 amide bonds. The van der Waals surface area contributed by atoms with E-state index in [1.54, 1.807) is 6.20 Å².